The highest BCUT2D eigenvalue weighted by atomic mass is 35.5. The summed E-state index contributed by atoms with van der Waals surface area (Å²) in [5, 5.41) is 3.40. The second kappa shape index (κ2) is 8.58. The van der Waals surface area contributed by atoms with E-state index in [1.807, 2.05) is 0 Å². The van der Waals surface area contributed by atoms with Crippen LogP contribution in [0, 0.1) is 0 Å². The van der Waals surface area contributed by atoms with Crippen LogP contribution in [0.15, 0.2) is 47.4 Å². The van der Waals surface area contributed by atoms with Crippen molar-refractivity contribution in [2.45, 2.75) is 23.8 Å². The zero-order valence-corrected chi connectivity index (χ0v) is 16.6. The maximum absolute atomic E-state index is 12.3. The van der Waals surface area contributed by atoms with Crippen molar-refractivity contribution in [3.8, 4) is 0 Å². The van der Waals surface area contributed by atoms with Crippen molar-refractivity contribution >= 4 is 44.8 Å². The smallest absolute Gasteiger partial charge is 0.255 e. The number of sulfonamides is 1. The summed E-state index contributed by atoms with van der Waals surface area (Å²) in [5.74, 6) is -0.385. The van der Waals surface area contributed by atoms with Gasteiger partial charge in [-0.1, -0.05) is 23.2 Å². The third-order valence-corrected chi connectivity index (χ3v) is 6.31. The van der Waals surface area contributed by atoms with E-state index in [1.165, 1.54) is 30.3 Å². The molecule has 1 amide bonds. The SMILES string of the molecule is O=C(Nc1ccc(Cl)c(Cl)c1)c1ccc(S(=O)(=O)NC[C@@H]2CCCO2)cc1. The number of rotatable bonds is 6. The first-order valence-corrected chi connectivity index (χ1v) is 10.6. The second-order valence-electron chi connectivity index (χ2n) is 6.09. The van der Waals surface area contributed by atoms with E-state index in [9.17, 15) is 13.2 Å². The van der Waals surface area contributed by atoms with Gasteiger partial charge in [0.25, 0.3) is 5.91 Å². The van der Waals surface area contributed by atoms with Gasteiger partial charge in [-0.3, -0.25) is 4.79 Å². The molecule has 3 rings (SSSR count). The monoisotopic (exact) mass is 428 g/mol. The minimum absolute atomic E-state index is 0.0870. The minimum atomic E-state index is -3.65. The first kappa shape index (κ1) is 20.1. The molecule has 0 radical (unpaired) electrons. The topological polar surface area (TPSA) is 84.5 Å². The molecule has 1 aliphatic rings. The van der Waals surface area contributed by atoms with Gasteiger partial charge >= 0.3 is 0 Å². The Bertz CT molecular complexity index is 927. The lowest BCUT2D eigenvalue weighted by atomic mass is 10.2. The zero-order valence-electron chi connectivity index (χ0n) is 14.2. The van der Waals surface area contributed by atoms with Crippen molar-refractivity contribution in [3.05, 3.63) is 58.1 Å². The van der Waals surface area contributed by atoms with Crippen LogP contribution in [0.1, 0.15) is 23.2 Å². The molecule has 27 heavy (non-hydrogen) atoms. The van der Waals surface area contributed by atoms with E-state index in [-0.39, 0.29) is 23.5 Å². The highest BCUT2D eigenvalue weighted by Crippen LogP contribution is 2.25. The van der Waals surface area contributed by atoms with Gasteiger partial charge in [0.1, 0.15) is 0 Å². The Morgan fingerprint density at radius 3 is 2.48 bits per heavy atom. The van der Waals surface area contributed by atoms with Crippen LogP contribution in [0.25, 0.3) is 0 Å². The zero-order chi connectivity index (χ0) is 19.4. The molecule has 1 aliphatic heterocycles. The average Bonchev–Trinajstić information content (AvgIpc) is 3.17. The van der Waals surface area contributed by atoms with E-state index in [0.717, 1.165) is 12.8 Å². The maximum Gasteiger partial charge on any atom is 0.255 e. The number of hydrogen-bond acceptors (Lipinski definition) is 4. The molecule has 0 spiro atoms. The van der Waals surface area contributed by atoms with Crippen LogP contribution in [0.5, 0.6) is 0 Å². The lowest BCUT2D eigenvalue weighted by molar-refractivity contribution is 0.102. The van der Waals surface area contributed by atoms with Gasteiger partial charge in [-0.15, -0.1) is 0 Å². The van der Waals surface area contributed by atoms with E-state index in [0.29, 0.717) is 27.9 Å². The molecule has 2 aromatic carbocycles. The summed E-state index contributed by atoms with van der Waals surface area (Å²) in [6.45, 7) is 0.900. The molecule has 1 atom stereocenters. The van der Waals surface area contributed by atoms with Gasteiger partial charge in [0, 0.05) is 24.4 Å². The third kappa shape index (κ3) is 5.21. The Balaban J connectivity index is 1.64. The van der Waals surface area contributed by atoms with Crippen molar-refractivity contribution < 1.29 is 17.9 Å². The van der Waals surface area contributed by atoms with Crippen LogP contribution in [0.2, 0.25) is 10.0 Å². The molecule has 144 valence electrons. The van der Waals surface area contributed by atoms with Crippen LogP contribution in [-0.4, -0.2) is 33.6 Å². The van der Waals surface area contributed by atoms with E-state index in [4.69, 9.17) is 27.9 Å². The predicted octanol–water partition coefficient (Wildman–Crippen LogP) is 3.70. The molecule has 0 unspecified atom stereocenters. The normalized spacial score (nSPS) is 17.0. The fraction of sp³-hybridized carbons (Fsp3) is 0.278. The van der Waals surface area contributed by atoms with Gasteiger partial charge < -0.3 is 10.1 Å². The third-order valence-electron chi connectivity index (χ3n) is 4.13. The van der Waals surface area contributed by atoms with Gasteiger partial charge in [0.05, 0.1) is 21.0 Å². The average molecular weight is 429 g/mol. The number of anilines is 1. The van der Waals surface area contributed by atoms with Gasteiger partial charge in [0.2, 0.25) is 10.0 Å². The molecular formula is C18H18Cl2N2O4S. The molecule has 6 nitrogen and oxygen atoms in total. The predicted molar refractivity (Wildman–Crippen MR) is 105 cm³/mol. The highest BCUT2D eigenvalue weighted by molar-refractivity contribution is 7.89. The Hall–Kier alpha value is -1.64. The summed E-state index contributed by atoms with van der Waals surface area (Å²) < 4.78 is 32.6. The van der Waals surface area contributed by atoms with Crippen molar-refractivity contribution in [1.82, 2.24) is 4.72 Å². The number of carbonyl (C=O) groups is 1. The van der Waals surface area contributed by atoms with Gasteiger partial charge in [-0.25, -0.2) is 13.1 Å². The quantitative estimate of drug-likeness (QED) is 0.734. The number of nitrogens with one attached hydrogen (secondary N) is 2. The Kier molecular flexibility index (Phi) is 6.39. The van der Waals surface area contributed by atoms with Crippen LogP contribution in [0.3, 0.4) is 0 Å². The molecular weight excluding hydrogens is 411 g/mol. The molecule has 1 fully saturated rings. The summed E-state index contributed by atoms with van der Waals surface area (Å²) in [6.07, 6.45) is 1.70. The van der Waals surface area contributed by atoms with Crippen LogP contribution < -0.4 is 10.0 Å². The van der Waals surface area contributed by atoms with Gasteiger partial charge in [-0.2, -0.15) is 0 Å². The first-order valence-electron chi connectivity index (χ1n) is 8.33. The number of halogens is 2. The summed E-state index contributed by atoms with van der Waals surface area (Å²) in [4.78, 5) is 12.4. The second-order valence-corrected chi connectivity index (χ2v) is 8.68. The molecule has 0 saturated carbocycles. The van der Waals surface area contributed by atoms with Crippen LogP contribution in [-0.2, 0) is 14.8 Å². The van der Waals surface area contributed by atoms with Crippen molar-refractivity contribution in [2.24, 2.45) is 0 Å². The molecule has 1 heterocycles. The standard InChI is InChI=1S/C18H18Cl2N2O4S/c19-16-8-5-13(10-17(16)20)22-18(23)12-3-6-15(7-4-12)27(24,25)21-11-14-2-1-9-26-14/h3-8,10,14,21H,1-2,9,11H2,(H,22,23)/t14-/m0/s1. The molecule has 0 bridgehead atoms. The molecule has 0 aliphatic carbocycles. The Morgan fingerprint density at radius 2 is 1.85 bits per heavy atom. The largest absolute Gasteiger partial charge is 0.377 e. The summed E-state index contributed by atoms with van der Waals surface area (Å²) in [7, 11) is -3.65. The summed E-state index contributed by atoms with van der Waals surface area (Å²) in [5.41, 5.74) is 0.809. The maximum atomic E-state index is 12.3. The Labute approximate surface area is 167 Å². The lowest BCUT2D eigenvalue weighted by Gasteiger charge is -2.12. The minimum Gasteiger partial charge on any atom is -0.377 e. The van der Waals surface area contributed by atoms with Crippen molar-refractivity contribution in [3.63, 3.8) is 0 Å². The van der Waals surface area contributed by atoms with E-state index in [1.54, 1.807) is 12.1 Å². The first-order chi connectivity index (χ1) is 12.8. The number of ether oxygens (including phenoxy) is 1. The van der Waals surface area contributed by atoms with E-state index >= 15 is 0 Å². The van der Waals surface area contributed by atoms with Gasteiger partial charge in [0.15, 0.2) is 0 Å². The fourth-order valence-electron chi connectivity index (χ4n) is 2.65. The van der Waals surface area contributed by atoms with Crippen LogP contribution in [0.4, 0.5) is 5.69 Å². The molecule has 2 aromatic rings. The van der Waals surface area contributed by atoms with Crippen LogP contribution >= 0.6 is 23.2 Å². The van der Waals surface area contributed by atoms with Crippen molar-refractivity contribution in [1.29, 1.82) is 0 Å². The van der Waals surface area contributed by atoms with Crippen molar-refractivity contribution in [2.75, 3.05) is 18.5 Å². The molecule has 0 aromatic heterocycles. The van der Waals surface area contributed by atoms with E-state index in [2.05, 4.69) is 10.0 Å². The summed E-state index contributed by atoms with van der Waals surface area (Å²) >= 11 is 11.8. The van der Waals surface area contributed by atoms with E-state index < -0.39 is 10.0 Å². The number of hydrogen-bond donors (Lipinski definition) is 2. The molecule has 1 saturated heterocycles. The number of amides is 1. The molecule has 9 heteroatoms. The number of benzene rings is 2. The van der Waals surface area contributed by atoms with Gasteiger partial charge in [-0.05, 0) is 55.3 Å². The number of carbonyl (C=O) groups excluding carboxylic acids is 1. The molecule has 2 N–H and O–H groups in total. The Morgan fingerprint density at radius 1 is 1.11 bits per heavy atom. The lowest BCUT2D eigenvalue weighted by Crippen LogP contribution is -2.31. The highest BCUT2D eigenvalue weighted by Gasteiger charge is 2.20. The summed E-state index contributed by atoms with van der Waals surface area (Å²) in [6, 6.07) is 10.4. The fourth-order valence-corrected chi connectivity index (χ4v) is 4.02.